The topological polar surface area (TPSA) is 130 Å². The molecule has 0 aromatic heterocycles. The number of ketones is 2. The van der Waals surface area contributed by atoms with E-state index in [1.165, 1.54) is 0 Å². The lowest BCUT2D eigenvalue weighted by Crippen LogP contribution is -2.37. The van der Waals surface area contributed by atoms with Crippen molar-refractivity contribution in [3.63, 3.8) is 0 Å². The zero-order valence-corrected chi connectivity index (χ0v) is 18.1. The van der Waals surface area contributed by atoms with Gasteiger partial charge >= 0.3 is 11.9 Å². The second kappa shape index (κ2) is 9.95. The summed E-state index contributed by atoms with van der Waals surface area (Å²) in [6.45, 7) is 5.62. The van der Waals surface area contributed by atoms with Gasteiger partial charge in [-0.1, -0.05) is 30.3 Å². The minimum absolute atomic E-state index is 0.0477. The van der Waals surface area contributed by atoms with Gasteiger partial charge in [0.05, 0.1) is 16.1 Å². The number of nitro benzene ring substituents is 1. The molecule has 0 saturated heterocycles. The van der Waals surface area contributed by atoms with Crippen LogP contribution in [0, 0.1) is 16.0 Å². The van der Waals surface area contributed by atoms with Crippen LogP contribution in [0.1, 0.15) is 54.0 Å². The number of hydrogen-bond donors (Lipinski definition) is 0. The Balaban J connectivity index is 2.38. The molecule has 1 atom stereocenters. The first-order chi connectivity index (χ1) is 14.9. The van der Waals surface area contributed by atoms with Gasteiger partial charge in [-0.15, -0.1) is 0 Å². The molecule has 2 rings (SSSR count). The Kier molecular flexibility index (Phi) is 7.58. The molecule has 9 heteroatoms. The molecule has 1 unspecified atom stereocenters. The number of Topliss-reactive ketones (excluding diaryl/α,β-unsaturated/α-hetero) is 2. The predicted octanol–water partition coefficient (Wildman–Crippen LogP) is 3.68. The number of ether oxygens (including phenoxy) is 2. The standard InChI is InChI=1S/C23H23NO8/c1-14(25)19(22(28)32-23(2,3)4)20(26)17-12-16(10-11-18(17)24(29)30)21(27)31-13-15-8-6-5-7-9-15/h5-12,19H,13H2,1-4H3. The number of carbonyl (C=O) groups excluding carboxylic acids is 4. The average molecular weight is 441 g/mol. The second-order valence-corrected chi connectivity index (χ2v) is 7.99. The molecule has 0 aliphatic heterocycles. The van der Waals surface area contributed by atoms with Crippen LogP contribution in [-0.4, -0.2) is 34.0 Å². The second-order valence-electron chi connectivity index (χ2n) is 7.99. The van der Waals surface area contributed by atoms with Crippen LogP contribution in [0.3, 0.4) is 0 Å². The van der Waals surface area contributed by atoms with Crippen LogP contribution in [0.2, 0.25) is 0 Å². The monoisotopic (exact) mass is 441 g/mol. The zero-order valence-electron chi connectivity index (χ0n) is 18.1. The van der Waals surface area contributed by atoms with Crippen LogP contribution in [0.5, 0.6) is 0 Å². The third-order valence-electron chi connectivity index (χ3n) is 4.22. The highest BCUT2D eigenvalue weighted by atomic mass is 16.6. The maximum atomic E-state index is 13.0. The van der Waals surface area contributed by atoms with E-state index in [0.717, 1.165) is 30.7 Å². The molecule has 0 saturated carbocycles. The Hall–Kier alpha value is -3.88. The van der Waals surface area contributed by atoms with E-state index in [9.17, 15) is 29.3 Å². The number of rotatable bonds is 8. The van der Waals surface area contributed by atoms with Gasteiger partial charge in [-0.2, -0.15) is 0 Å². The van der Waals surface area contributed by atoms with E-state index in [1.54, 1.807) is 51.1 Å². The third-order valence-corrected chi connectivity index (χ3v) is 4.22. The minimum Gasteiger partial charge on any atom is -0.459 e. The first-order valence-electron chi connectivity index (χ1n) is 9.67. The quantitative estimate of drug-likeness (QED) is 0.199. The van der Waals surface area contributed by atoms with Crippen LogP contribution in [0.4, 0.5) is 5.69 Å². The van der Waals surface area contributed by atoms with Crippen LogP contribution in [0.15, 0.2) is 48.5 Å². The molecular weight excluding hydrogens is 418 g/mol. The predicted molar refractivity (Wildman–Crippen MR) is 113 cm³/mol. The van der Waals surface area contributed by atoms with Crippen LogP contribution >= 0.6 is 0 Å². The highest BCUT2D eigenvalue weighted by Gasteiger charge is 2.38. The fraction of sp³-hybridized carbons (Fsp3) is 0.304. The van der Waals surface area contributed by atoms with Crippen molar-refractivity contribution in [2.75, 3.05) is 0 Å². The highest BCUT2D eigenvalue weighted by molar-refractivity contribution is 6.23. The Bertz CT molecular complexity index is 1050. The van der Waals surface area contributed by atoms with Crippen molar-refractivity contribution in [2.45, 2.75) is 39.9 Å². The number of esters is 2. The molecular formula is C23H23NO8. The maximum absolute atomic E-state index is 13.0. The molecule has 2 aromatic carbocycles. The van der Waals surface area contributed by atoms with Gasteiger partial charge in [0.2, 0.25) is 0 Å². The van der Waals surface area contributed by atoms with E-state index in [-0.39, 0.29) is 12.2 Å². The fourth-order valence-electron chi connectivity index (χ4n) is 2.80. The molecule has 32 heavy (non-hydrogen) atoms. The Morgan fingerprint density at radius 2 is 1.66 bits per heavy atom. The molecule has 0 amide bonds. The summed E-state index contributed by atoms with van der Waals surface area (Å²) in [5.41, 5.74) is -1.61. The van der Waals surface area contributed by atoms with E-state index in [1.807, 2.05) is 0 Å². The van der Waals surface area contributed by atoms with E-state index in [4.69, 9.17) is 9.47 Å². The summed E-state index contributed by atoms with van der Waals surface area (Å²) in [7, 11) is 0. The number of nitrogens with zero attached hydrogens (tertiary/aromatic N) is 1. The summed E-state index contributed by atoms with van der Waals surface area (Å²) in [5, 5.41) is 11.4. The molecule has 2 aromatic rings. The minimum atomic E-state index is -1.90. The molecule has 9 nitrogen and oxygen atoms in total. The summed E-state index contributed by atoms with van der Waals surface area (Å²) in [6, 6.07) is 11.9. The van der Waals surface area contributed by atoms with Gasteiger partial charge in [0.15, 0.2) is 17.5 Å². The van der Waals surface area contributed by atoms with Crippen molar-refractivity contribution < 1.29 is 33.6 Å². The van der Waals surface area contributed by atoms with Crippen LogP contribution in [0.25, 0.3) is 0 Å². The van der Waals surface area contributed by atoms with E-state index in [0.29, 0.717) is 0 Å². The van der Waals surface area contributed by atoms with Gasteiger partial charge in [-0.3, -0.25) is 24.5 Å². The molecule has 0 fully saturated rings. The third kappa shape index (κ3) is 6.31. The molecule has 0 bridgehead atoms. The van der Waals surface area contributed by atoms with Crippen LogP contribution in [-0.2, 0) is 25.7 Å². The van der Waals surface area contributed by atoms with Crippen molar-refractivity contribution in [2.24, 2.45) is 5.92 Å². The summed E-state index contributed by atoms with van der Waals surface area (Å²) >= 11 is 0. The van der Waals surface area contributed by atoms with Crippen molar-refractivity contribution in [3.05, 3.63) is 75.3 Å². The number of nitro groups is 1. The molecule has 0 radical (unpaired) electrons. The molecule has 0 heterocycles. The molecule has 0 aliphatic carbocycles. The van der Waals surface area contributed by atoms with Gasteiger partial charge in [0.1, 0.15) is 12.2 Å². The van der Waals surface area contributed by atoms with Crippen molar-refractivity contribution in [1.29, 1.82) is 0 Å². The Morgan fingerprint density at radius 1 is 1.03 bits per heavy atom. The lowest BCUT2D eigenvalue weighted by atomic mass is 9.92. The highest BCUT2D eigenvalue weighted by Crippen LogP contribution is 2.26. The number of hydrogen-bond acceptors (Lipinski definition) is 8. The summed E-state index contributed by atoms with van der Waals surface area (Å²) in [6.07, 6.45) is 0. The van der Waals surface area contributed by atoms with Gasteiger partial charge in [-0.25, -0.2) is 4.79 Å². The molecule has 0 spiro atoms. The van der Waals surface area contributed by atoms with Crippen molar-refractivity contribution in [3.8, 4) is 0 Å². The van der Waals surface area contributed by atoms with Gasteiger partial charge in [0, 0.05) is 6.07 Å². The fourth-order valence-corrected chi connectivity index (χ4v) is 2.80. The average Bonchev–Trinajstić information content (AvgIpc) is 2.70. The first-order valence-corrected chi connectivity index (χ1v) is 9.67. The molecule has 0 aliphatic rings. The lowest BCUT2D eigenvalue weighted by Gasteiger charge is -2.22. The van der Waals surface area contributed by atoms with E-state index in [2.05, 4.69) is 0 Å². The SMILES string of the molecule is CC(=O)C(C(=O)OC(C)(C)C)C(=O)c1cc(C(=O)OCc2ccccc2)ccc1[N+](=O)[O-]. The summed E-state index contributed by atoms with van der Waals surface area (Å²) in [5.74, 6) is -5.81. The summed E-state index contributed by atoms with van der Waals surface area (Å²) in [4.78, 5) is 60.6. The van der Waals surface area contributed by atoms with Crippen molar-refractivity contribution >= 4 is 29.2 Å². The van der Waals surface area contributed by atoms with Gasteiger partial charge in [-0.05, 0) is 45.4 Å². The Labute approximate surface area is 184 Å². The zero-order chi connectivity index (χ0) is 24.1. The molecule has 0 N–H and O–H groups in total. The maximum Gasteiger partial charge on any atom is 0.338 e. The number of carbonyl (C=O) groups is 4. The smallest absolute Gasteiger partial charge is 0.338 e. The molecule has 168 valence electrons. The van der Waals surface area contributed by atoms with Crippen molar-refractivity contribution in [1.82, 2.24) is 0 Å². The van der Waals surface area contributed by atoms with Gasteiger partial charge < -0.3 is 9.47 Å². The first kappa shape index (κ1) is 24.4. The summed E-state index contributed by atoms with van der Waals surface area (Å²) < 4.78 is 10.3. The number of benzene rings is 2. The van der Waals surface area contributed by atoms with E-state index >= 15 is 0 Å². The van der Waals surface area contributed by atoms with Gasteiger partial charge in [0.25, 0.3) is 5.69 Å². The lowest BCUT2D eigenvalue weighted by molar-refractivity contribution is -0.385. The van der Waals surface area contributed by atoms with E-state index < -0.39 is 51.2 Å². The Morgan fingerprint density at radius 3 is 2.19 bits per heavy atom. The normalized spacial score (nSPS) is 11.9. The largest absolute Gasteiger partial charge is 0.459 e. The van der Waals surface area contributed by atoms with Crippen LogP contribution < -0.4 is 0 Å².